The maximum Gasteiger partial charge on any atom is 0.408 e. The lowest BCUT2D eigenvalue weighted by molar-refractivity contribution is -0.139. The lowest BCUT2D eigenvalue weighted by atomic mass is 10.1. The number of alkyl carbamates (subject to hydrolysis) is 1. The number of amides is 1. The largest absolute Gasteiger partial charge is 0.480 e. The number of carbonyl (C=O) groups is 2. The van der Waals surface area contributed by atoms with Crippen molar-refractivity contribution in [3.8, 4) is 0 Å². The molecule has 2 aromatic rings. The maximum absolute atomic E-state index is 11.8. The van der Waals surface area contributed by atoms with Crippen LogP contribution in [-0.4, -0.2) is 33.8 Å². The van der Waals surface area contributed by atoms with E-state index in [-0.39, 0.29) is 6.42 Å². The lowest BCUT2D eigenvalue weighted by Crippen LogP contribution is -2.44. The van der Waals surface area contributed by atoms with E-state index >= 15 is 0 Å². The van der Waals surface area contributed by atoms with Gasteiger partial charge in [0.15, 0.2) is 0 Å². The number of carboxylic acid groups (broad SMARTS) is 1. The quantitative estimate of drug-likeness (QED) is 0.754. The first-order valence-electron chi connectivity index (χ1n) is 7.14. The van der Waals surface area contributed by atoms with Crippen molar-refractivity contribution < 1.29 is 19.4 Å². The summed E-state index contributed by atoms with van der Waals surface area (Å²) in [5, 5.41) is 12.7. The van der Waals surface area contributed by atoms with Crippen LogP contribution in [0.3, 0.4) is 0 Å². The third kappa shape index (κ3) is 4.48. The highest BCUT2D eigenvalue weighted by molar-refractivity contribution is 9.10. The molecule has 1 unspecified atom stereocenters. The average molecular weight is 383 g/mol. The first kappa shape index (κ1) is 17.3. The first-order chi connectivity index (χ1) is 10.7. The van der Waals surface area contributed by atoms with Crippen molar-refractivity contribution in [1.82, 2.24) is 10.3 Å². The second-order valence-electron chi connectivity index (χ2n) is 6.22. The van der Waals surface area contributed by atoms with Crippen LogP contribution in [0.25, 0.3) is 10.9 Å². The van der Waals surface area contributed by atoms with Crippen molar-refractivity contribution in [3.05, 3.63) is 34.4 Å². The van der Waals surface area contributed by atoms with Crippen molar-refractivity contribution in [2.75, 3.05) is 0 Å². The van der Waals surface area contributed by atoms with Crippen molar-refractivity contribution in [2.45, 2.75) is 38.8 Å². The molecule has 0 saturated carbocycles. The smallest absolute Gasteiger partial charge is 0.408 e. The minimum Gasteiger partial charge on any atom is -0.480 e. The van der Waals surface area contributed by atoms with E-state index < -0.39 is 23.7 Å². The Balaban J connectivity index is 2.17. The van der Waals surface area contributed by atoms with E-state index in [1.165, 1.54) is 0 Å². The SMILES string of the molecule is CC(C)(C)OC(=O)NC(Cc1c[nH]c2c(Br)cccc12)C(=O)O. The number of benzene rings is 1. The zero-order valence-corrected chi connectivity index (χ0v) is 14.7. The zero-order valence-electron chi connectivity index (χ0n) is 13.1. The van der Waals surface area contributed by atoms with Gasteiger partial charge in [0.2, 0.25) is 0 Å². The first-order valence-corrected chi connectivity index (χ1v) is 7.93. The number of hydrogen-bond donors (Lipinski definition) is 3. The van der Waals surface area contributed by atoms with Crippen LogP contribution in [-0.2, 0) is 16.0 Å². The second-order valence-corrected chi connectivity index (χ2v) is 7.07. The summed E-state index contributed by atoms with van der Waals surface area (Å²) in [4.78, 5) is 26.4. The van der Waals surface area contributed by atoms with Gasteiger partial charge in [0.1, 0.15) is 11.6 Å². The van der Waals surface area contributed by atoms with Crippen molar-refractivity contribution >= 4 is 38.9 Å². The highest BCUT2D eigenvalue weighted by Crippen LogP contribution is 2.26. The molecular formula is C16H19BrN2O4. The number of carboxylic acids is 1. The van der Waals surface area contributed by atoms with Crippen molar-refractivity contribution in [1.29, 1.82) is 0 Å². The van der Waals surface area contributed by atoms with Gasteiger partial charge < -0.3 is 20.1 Å². The van der Waals surface area contributed by atoms with E-state index in [9.17, 15) is 14.7 Å². The number of para-hydroxylation sites is 1. The van der Waals surface area contributed by atoms with Crippen LogP contribution < -0.4 is 5.32 Å². The maximum atomic E-state index is 11.8. The number of carbonyl (C=O) groups excluding carboxylic acids is 1. The highest BCUT2D eigenvalue weighted by Gasteiger charge is 2.25. The molecule has 0 saturated heterocycles. The fraction of sp³-hybridized carbons (Fsp3) is 0.375. The fourth-order valence-electron chi connectivity index (χ4n) is 2.21. The minimum atomic E-state index is -1.11. The molecule has 0 spiro atoms. The number of rotatable bonds is 4. The molecule has 1 atom stereocenters. The molecule has 6 nitrogen and oxygen atoms in total. The molecule has 1 aromatic heterocycles. The molecule has 0 bridgehead atoms. The number of aromatic amines is 1. The summed E-state index contributed by atoms with van der Waals surface area (Å²) >= 11 is 3.44. The van der Waals surface area contributed by atoms with Crippen LogP contribution in [0.1, 0.15) is 26.3 Å². The van der Waals surface area contributed by atoms with Gasteiger partial charge >= 0.3 is 12.1 Å². The summed E-state index contributed by atoms with van der Waals surface area (Å²) in [5.74, 6) is -1.11. The molecule has 2 rings (SSSR count). The molecule has 0 aliphatic rings. The average Bonchev–Trinajstić information content (AvgIpc) is 2.80. The fourth-order valence-corrected chi connectivity index (χ4v) is 2.69. The van der Waals surface area contributed by atoms with Gasteiger partial charge in [0.25, 0.3) is 0 Å². The minimum absolute atomic E-state index is 0.158. The predicted molar refractivity (Wildman–Crippen MR) is 90.5 cm³/mol. The van der Waals surface area contributed by atoms with Crippen LogP contribution in [0.2, 0.25) is 0 Å². The predicted octanol–water partition coefficient (Wildman–Crippen LogP) is 3.45. The summed E-state index contributed by atoms with van der Waals surface area (Å²) in [6.07, 6.45) is 1.17. The number of fused-ring (bicyclic) bond motifs is 1. The topological polar surface area (TPSA) is 91.4 Å². The molecule has 23 heavy (non-hydrogen) atoms. The van der Waals surface area contributed by atoms with Crippen LogP contribution in [0, 0.1) is 0 Å². The summed E-state index contributed by atoms with van der Waals surface area (Å²) in [6.45, 7) is 5.17. The number of nitrogens with one attached hydrogen (secondary N) is 2. The van der Waals surface area contributed by atoms with Gasteiger partial charge in [-0.25, -0.2) is 9.59 Å². The van der Waals surface area contributed by atoms with E-state index in [4.69, 9.17) is 4.74 Å². The van der Waals surface area contributed by atoms with Gasteiger partial charge in [-0.3, -0.25) is 0 Å². The Labute approximate surface area is 142 Å². The third-order valence-electron chi connectivity index (χ3n) is 3.16. The molecule has 0 aliphatic carbocycles. The number of hydrogen-bond acceptors (Lipinski definition) is 3. The molecule has 1 heterocycles. The van der Waals surface area contributed by atoms with Crippen LogP contribution >= 0.6 is 15.9 Å². The monoisotopic (exact) mass is 382 g/mol. The Bertz CT molecular complexity index is 733. The van der Waals surface area contributed by atoms with Crippen LogP contribution in [0.4, 0.5) is 4.79 Å². The Morgan fingerprint density at radius 1 is 1.39 bits per heavy atom. The Morgan fingerprint density at radius 3 is 2.70 bits per heavy atom. The number of ether oxygens (including phenoxy) is 1. The standard InChI is InChI=1S/C16H19BrN2O4/c1-16(2,3)23-15(22)19-12(14(20)21)7-9-8-18-13-10(9)5-4-6-11(13)17/h4-6,8,12,18H,7H2,1-3H3,(H,19,22)(H,20,21). The number of H-pyrrole nitrogens is 1. The van der Waals surface area contributed by atoms with Gasteiger partial charge in [-0.05, 0) is 48.3 Å². The molecule has 0 radical (unpaired) electrons. The molecule has 7 heteroatoms. The molecule has 124 valence electrons. The summed E-state index contributed by atoms with van der Waals surface area (Å²) in [5.41, 5.74) is 1.02. The Hall–Kier alpha value is -2.02. The van der Waals surface area contributed by atoms with E-state index in [0.717, 1.165) is 20.9 Å². The molecule has 1 amide bonds. The summed E-state index contributed by atoms with van der Waals surface area (Å²) in [7, 11) is 0. The van der Waals surface area contributed by atoms with E-state index in [1.54, 1.807) is 27.0 Å². The number of halogens is 1. The van der Waals surface area contributed by atoms with Gasteiger partial charge in [0.05, 0.1) is 5.52 Å². The van der Waals surface area contributed by atoms with E-state index in [1.807, 2.05) is 18.2 Å². The molecular weight excluding hydrogens is 364 g/mol. The van der Waals surface area contributed by atoms with Crippen LogP contribution in [0.15, 0.2) is 28.9 Å². The molecule has 0 fully saturated rings. The van der Waals surface area contributed by atoms with Gasteiger partial charge in [-0.15, -0.1) is 0 Å². The van der Waals surface area contributed by atoms with E-state index in [0.29, 0.717) is 0 Å². The molecule has 1 aromatic carbocycles. The number of aliphatic carboxylic acids is 1. The lowest BCUT2D eigenvalue weighted by Gasteiger charge is -2.22. The van der Waals surface area contributed by atoms with Gasteiger partial charge in [-0.1, -0.05) is 12.1 Å². The molecule has 3 N–H and O–H groups in total. The Kier molecular flexibility index (Phi) is 4.99. The second kappa shape index (κ2) is 6.62. The van der Waals surface area contributed by atoms with Crippen LogP contribution in [0.5, 0.6) is 0 Å². The molecule has 0 aliphatic heterocycles. The van der Waals surface area contributed by atoms with Gasteiger partial charge in [-0.2, -0.15) is 0 Å². The third-order valence-corrected chi connectivity index (χ3v) is 3.82. The van der Waals surface area contributed by atoms with Gasteiger partial charge in [0, 0.05) is 22.5 Å². The highest BCUT2D eigenvalue weighted by atomic mass is 79.9. The van der Waals surface area contributed by atoms with Crippen molar-refractivity contribution in [3.63, 3.8) is 0 Å². The number of aromatic nitrogens is 1. The van der Waals surface area contributed by atoms with Crippen molar-refractivity contribution in [2.24, 2.45) is 0 Å². The normalized spacial score (nSPS) is 12.9. The Morgan fingerprint density at radius 2 is 2.09 bits per heavy atom. The van der Waals surface area contributed by atoms with E-state index in [2.05, 4.69) is 26.2 Å². The zero-order chi connectivity index (χ0) is 17.2. The summed E-state index contributed by atoms with van der Waals surface area (Å²) < 4.78 is 6.01. The summed E-state index contributed by atoms with van der Waals surface area (Å²) in [6, 6.07) is 4.61.